The van der Waals surface area contributed by atoms with Crippen LogP contribution in [0.4, 0.5) is 5.69 Å². The third-order valence-corrected chi connectivity index (χ3v) is 4.94. The topological polar surface area (TPSA) is 64.0 Å². The lowest BCUT2D eigenvalue weighted by Gasteiger charge is -2.14. The zero-order chi connectivity index (χ0) is 20.4. The Kier molecular flexibility index (Phi) is 4.96. The van der Waals surface area contributed by atoms with E-state index in [0.29, 0.717) is 22.3 Å². The number of ketones is 1. The van der Waals surface area contributed by atoms with Gasteiger partial charge in [0, 0.05) is 11.3 Å². The summed E-state index contributed by atoms with van der Waals surface area (Å²) in [7, 11) is 0. The number of rotatable bonds is 5. The molecule has 0 aliphatic carbocycles. The van der Waals surface area contributed by atoms with Crippen LogP contribution in [-0.4, -0.2) is 21.9 Å². The molecule has 4 aromatic rings. The maximum absolute atomic E-state index is 13.1. The number of carbonyl (C=O) groups is 1. The molecule has 5 heteroatoms. The largest absolute Gasteiger partial charge is 0.378 e. The van der Waals surface area contributed by atoms with Crippen molar-refractivity contribution in [3.8, 4) is 5.69 Å². The van der Waals surface area contributed by atoms with Gasteiger partial charge in [-0.15, -0.1) is 0 Å². The third-order valence-electron chi connectivity index (χ3n) is 4.94. The van der Waals surface area contributed by atoms with Crippen molar-refractivity contribution in [2.24, 2.45) is 0 Å². The lowest BCUT2D eigenvalue weighted by atomic mass is 10.1. The molecule has 29 heavy (non-hydrogen) atoms. The van der Waals surface area contributed by atoms with Gasteiger partial charge in [0.15, 0.2) is 5.78 Å². The number of hydrogen-bond acceptors (Lipinski definition) is 4. The molecule has 1 aromatic heterocycles. The number of anilines is 1. The highest BCUT2D eigenvalue weighted by atomic mass is 16.1. The Morgan fingerprint density at radius 2 is 1.69 bits per heavy atom. The van der Waals surface area contributed by atoms with Crippen molar-refractivity contribution in [2.75, 3.05) is 11.9 Å². The monoisotopic (exact) mass is 383 g/mol. The van der Waals surface area contributed by atoms with Crippen molar-refractivity contribution in [1.29, 1.82) is 0 Å². The fraction of sp³-hybridized carbons (Fsp3) is 0.125. The van der Waals surface area contributed by atoms with Gasteiger partial charge in [-0.2, -0.15) is 0 Å². The molecule has 144 valence electrons. The lowest BCUT2D eigenvalue weighted by molar-refractivity contribution is 0.101. The predicted molar refractivity (Wildman–Crippen MR) is 116 cm³/mol. The van der Waals surface area contributed by atoms with E-state index in [1.54, 1.807) is 28.8 Å². The maximum Gasteiger partial charge on any atom is 0.265 e. The molecule has 3 aromatic carbocycles. The minimum Gasteiger partial charge on any atom is -0.378 e. The highest BCUT2D eigenvalue weighted by Gasteiger charge is 2.12. The van der Waals surface area contributed by atoms with E-state index in [-0.39, 0.29) is 17.9 Å². The summed E-state index contributed by atoms with van der Waals surface area (Å²) in [6.45, 7) is 3.98. The number of hydrogen-bond donors (Lipinski definition) is 1. The van der Waals surface area contributed by atoms with Crippen LogP contribution < -0.4 is 10.9 Å². The van der Waals surface area contributed by atoms with E-state index in [4.69, 9.17) is 0 Å². The van der Waals surface area contributed by atoms with Gasteiger partial charge in [0.1, 0.15) is 5.82 Å². The van der Waals surface area contributed by atoms with Crippen LogP contribution in [0.5, 0.6) is 0 Å². The second kappa shape index (κ2) is 7.72. The Balaban J connectivity index is 1.66. The minimum atomic E-state index is -0.103. The molecule has 0 saturated carbocycles. The van der Waals surface area contributed by atoms with Gasteiger partial charge in [0.2, 0.25) is 0 Å². The van der Waals surface area contributed by atoms with Gasteiger partial charge in [-0.1, -0.05) is 48.5 Å². The van der Waals surface area contributed by atoms with Crippen molar-refractivity contribution >= 4 is 22.4 Å². The van der Waals surface area contributed by atoms with E-state index in [1.165, 1.54) is 0 Å². The summed E-state index contributed by atoms with van der Waals surface area (Å²) in [5.41, 5.74) is 3.76. The predicted octanol–water partition coefficient (Wildman–Crippen LogP) is 4.30. The molecule has 5 nitrogen and oxygen atoms in total. The molecule has 0 bridgehead atoms. The summed E-state index contributed by atoms with van der Waals surface area (Å²) in [5, 5.41) is 3.67. The van der Waals surface area contributed by atoms with Crippen LogP contribution in [-0.2, 0) is 0 Å². The number of nitrogens with zero attached hydrogens (tertiary/aromatic N) is 2. The average molecular weight is 383 g/mol. The molecule has 0 atom stereocenters. The van der Waals surface area contributed by atoms with Gasteiger partial charge < -0.3 is 5.32 Å². The number of fused-ring (bicyclic) bond motifs is 1. The van der Waals surface area contributed by atoms with E-state index >= 15 is 0 Å². The second-order valence-corrected chi connectivity index (χ2v) is 6.96. The normalized spacial score (nSPS) is 10.8. The maximum atomic E-state index is 13.1. The van der Waals surface area contributed by atoms with Crippen LogP contribution in [0.15, 0.2) is 77.6 Å². The fourth-order valence-electron chi connectivity index (χ4n) is 3.41. The first kappa shape index (κ1) is 18.6. The summed E-state index contributed by atoms with van der Waals surface area (Å²) in [4.78, 5) is 30.0. The number of nitrogens with one attached hydrogen (secondary N) is 1. The number of aryl methyl sites for hydroxylation is 2. The van der Waals surface area contributed by atoms with Gasteiger partial charge in [-0.05, 0) is 43.7 Å². The van der Waals surface area contributed by atoms with E-state index in [1.807, 2.05) is 62.4 Å². The smallest absolute Gasteiger partial charge is 0.265 e. The van der Waals surface area contributed by atoms with Crippen LogP contribution in [0.2, 0.25) is 0 Å². The standard InChI is InChI=1S/C24H21N3O2/c1-16-8-6-7-11-22(16)27-17(2)26-21-14-19(12-13-20(21)24(27)29)25-15-23(28)18-9-4-3-5-10-18/h3-14,25H,15H2,1-2H3. The third kappa shape index (κ3) is 3.67. The molecular formula is C24H21N3O2. The van der Waals surface area contributed by atoms with Gasteiger partial charge in [-0.25, -0.2) is 4.98 Å². The summed E-state index contributed by atoms with van der Waals surface area (Å²) < 4.78 is 1.64. The molecule has 0 radical (unpaired) electrons. The quantitative estimate of drug-likeness (QED) is 0.522. The number of para-hydroxylation sites is 1. The Morgan fingerprint density at radius 1 is 0.966 bits per heavy atom. The Labute approximate surface area is 168 Å². The SMILES string of the molecule is Cc1ccccc1-n1c(C)nc2cc(NCC(=O)c3ccccc3)ccc2c1=O. The summed E-state index contributed by atoms with van der Waals surface area (Å²) >= 11 is 0. The molecular weight excluding hydrogens is 362 g/mol. The summed E-state index contributed by atoms with van der Waals surface area (Å²) in [6, 6.07) is 22.3. The molecule has 0 amide bonds. The molecule has 4 rings (SSSR count). The van der Waals surface area contributed by atoms with Gasteiger partial charge in [-0.3, -0.25) is 14.2 Å². The van der Waals surface area contributed by atoms with Crippen molar-refractivity contribution in [3.63, 3.8) is 0 Å². The van der Waals surface area contributed by atoms with Gasteiger partial charge in [0.25, 0.3) is 5.56 Å². The van der Waals surface area contributed by atoms with E-state index in [2.05, 4.69) is 10.3 Å². The molecule has 0 fully saturated rings. The Hall–Kier alpha value is -3.73. The number of benzene rings is 3. The van der Waals surface area contributed by atoms with Crippen molar-refractivity contribution < 1.29 is 4.79 Å². The highest BCUT2D eigenvalue weighted by molar-refractivity contribution is 5.99. The molecule has 0 aliphatic heterocycles. The molecule has 0 unspecified atom stereocenters. The first-order valence-corrected chi connectivity index (χ1v) is 9.46. The minimum absolute atomic E-state index is 0.00445. The van der Waals surface area contributed by atoms with Crippen LogP contribution in [0.3, 0.4) is 0 Å². The Bertz CT molecular complexity index is 1260. The number of carbonyl (C=O) groups excluding carboxylic acids is 1. The molecule has 1 N–H and O–H groups in total. The first-order chi connectivity index (χ1) is 14.0. The second-order valence-electron chi connectivity index (χ2n) is 6.96. The highest BCUT2D eigenvalue weighted by Crippen LogP contribution is 2.19. The number of aromatic nitrogens is 2. The van der Waals surface area contributed by atoms with E-state index in [0.717, 1.165) is 16.9 Å². The van der Waals surface area contributed by atoms with Gasteiger partial charge in [0.05, 0.1) is 23.1 Å². The molecule has 0 spiro atoms. The van der Waals surface area contributed by atoms with Crippen LogP contribution >= 0.6 is 0 Å². The first-order valence-electron chi connectivity index (χ1n) is 9.46. The van der Waals surface area contributed by atoms with Crippen molar-refractivity contribution in [1.82, 2.24) is 9.55 Å². The average Bonchev–Trinajstić information content (AvgIpc) is 2.73. The Morgan fingerprint density at radius 3 is 2.45 bits per heavy atom. The summed E-state index contributed by atoms with van der Waals surface area (Å²) in [5.74, 6) is 0.624. The van der Waals surface area contributed by atoms with Crippen LogP contribution in [0, 0.1) is 13.8 Å². The zero-order valence-electron chi connectivity index (χ0n) is 16.3. The summed E-state index contributed by atoms with van der Waals surface area (Å²) in [6.07, 6.45) is 0. The lowest BCUT2D eigenvalue weighted by Crippen LogP contribution is -2.23. The molecule has 0 aliphatic rings. The van der Waals surface area contributed by atoms with Gasteiger partial charge >= 0.3 is 0 Å². The zero-order valence-corrected chi connectivity index (χ0v) is 16.3. The van der Waals surface area contributed by atoms with Crippen LogP contribution in [0.1, 0.15) is 21.7 Å². The molecule has 1 heterocycles. The van der Waals surface area contributed by atoms with E-state index < -0.39 is 0 Å². The van der Waals surface area contributed by atoms with Crippen LogP contribution in [0.25, 0.3) is 16.6 Å². The molecule has 0 saturated heterocycles. The number of Topliss-reactive ketones (excluding diaryl/α,β-unsaturated/α-hetero) is 1. The fourth-order valence-corrected chi connectivity index (χ4v) is 3.41. The van der Waals surface area contributed by atoms with Crippen molar-refractivity contribution in [2.45, 2.75) is 13.8 Å². The van der Waals surface area contributed by atoms with Crippen molar-refractivity contribution in [3.05, 3.63) is 100 Å². The van der Waals surface area contributed by atoms with E-state index in [9.17, 15) is 9.59 Å².